The number of nitrogens with zero attached hydrogens (tertiary/aromatic N) is 2. The Morgan fingerprint density at radius 1 is 0.950 bits per heavy atom. The Balaban J connectivity index is 2.00. The van der Waals surface area contributed by atoms with Crippen molar-refractivity contribution in [1.29, 1.82) is 0 Å². The van der Waals surface area contributed by atoms with Crippen molar-refractivity contribution in [2.45, 2.75) is 50.6 Å². The summed E-state index contributed by atoms with van der Waals surface area (Å²) in [6, 6.07) is 20.6. The molecule has 1 N–H and O–H groups in total. The molecule has 0 bridgehead atoms. The van der Waals surface area contributed by atoms with Gasteiger partial charge in [-0.2, -0.15) is 0 Å². The Kier molecular flexibility index (Phi) is 11.4. The number of benzene rings is 3. The van der Waals surface area contributed by atoms with Gasteiger partial charge < -0.3 is 15.0 Å². The second-order valence-electron chi connectivity index (χ2n) is 9.24. The zero-order chi connectivity index (χ0) is 29.1. The van der Waals surface area contributed by atoms with Crippen molar-refractivity contribution in [3.63, 3.8) is 0 Å². The topological polar surface area (TPSA) is 96.0 Å². The molecule has 214 valence electrons. The number of methoxy groups -OCH3 is 1. The lowest BCUT2D eigenvalue weighted by atomic mass is 10.1. The smallest absolute Gasteiger partial charge is 0.264 e. The minimum Gasteiger partial charge on any atom is -0.497 e. The number of halogens is 1. The molecule has 3 rings (SSSR count). The first-order valence-corrected chi connectivity index (χ1v) is 15.1. The summed E-state index contributed by atoms with van der Waals surface area (Å²) in [5, 5.41) is 3.32. The van der Waals surface area contributed by atoms with Crippen LogP contribution in [0.25, 0.3) is 0 Å². The van der Waals surface area contributed by atoms with Crippen molar-refractivity contribution in [3.05, 3.63) is 89.4 Å². The highest BCUT2D eigenvalue weighted by atomic mass is 35.5. The van der Waals surface area contributed by atoms with Crippen LogP contribution in [0.1, 0.15) is 38.7 Å². The summed E-state index contributed by atoms with van der Waals surface area (Å²) in [4.78, 5) is 28.7. The molecule has 0 radical (unpaired) electrons. The Morgan fingerprint density at radius 3 is 2.17 bits per heavy atom. The van der Waals surface area contributed by atoms with Crippen molar-refractivity contribution in [2.75, 3.05) is 24.5 Å². The van der Waals surface area contributed by atoms with Crippen LogP contribution >= 0.6 is 11.6 Å². The lowest BCUT2D eigenvalue weighted by molar-refractivity contribution is -0.140. The van der Waals surface area contributed by atoms with Crippen LogP contribution < -0.4 is 14.4 Å². The van der Waals surface area contributed by atoms with E-state index in [1.54, 1.807) is 49.6 Å². The number of hydrogen-bond donors (Lipinski definition) is 1. The number of ether oxygens (including phenoxy) is 1. The van der Waals surface area contributed by atoms with Crippen molar-refractivity contribution >= 4 is 39.1 Å². The van der Waals surface area contributed by atoms with Crippen LogP contribution in [0.5, 0.6) is 5.75 Å². The number of anilines is 1. The quantitative estimate of drug-likeness (QED) is 0.260. The molecule has 8 nitrogen and oxygen atoms in total. The van der Waals surface area contributed by atoms with E-state index < -0.39 is 28.5 Å². The monoisotopic (exact) mass is 585 g/mol. The van der Waals surface area contributed by atoms with Crippen molar-refractivity contribution < 1.29 is 22.7 Å². The Hall–Kier alpha value is -3.56. The molecule has 0 aromatic heterocycles. The highest BCUT2D eigenvalue weighted by Gasteiger charge is 2.33. The lowest BCUT2D eigenvalue weighted by Crippen LogP contribution is -2.52. The fourth-order valence-corrected chi connectivity index (χ4v) is 5.75. The molecule has 0 saturated heterocycles. The van der Waals surface area contributed by atoms with Gasteiger partial charge in [-0.1, -0.05) is 62.2 Å². The van der Waals surface area contributed by atoms with Gasteiger partial charge in [-0.3, -0.25) is 13.9 Å². The summed E-state index contributed by atoms with van der Waals surface area (Å²) in [5.41, 5.74) is 1.11. The standard InChI is InChI=1S/C30H36ClN3O5S/c1-4-6-20-32-30(36)28(5-2)33(21-23-12-16-26(39-3)17-13-23)29(35)22-34(25-10-8-7-9-11-25)40(37,38)27-18-14-24(31)15-19-27/h7-19,28H,4-6,20-22H2,1-3H3,(H,32,36)/t28-/m1/s1. The van der Waals surface area contributed by atoms with Gasteiger partial charge in [0.05, 0.1) is 17.7 Å². The molecule has 3 aromatic carbocycles. The molecule has 3 aromatic rings. The SMILES string of the molecule is CCCCNC(=O)[C@@H](CC)N(Cc1ccc(OC)cc1)C(=O)CN(c1ccccc1)S(=O)(=O)c1ccc(Cl)cc1. The van der Waals surface area contributed by atoms with Gasteiger partial charge in [0.15, 0.2) is 0 Å². The van der Waals surface area contributed by atoms with Crippen LogP contribution in [0.4, 0.5) is 5.69 Å². The van der Waals surface area contributed by atoms with E-state index in [2.05, 4.69) is 5.32 Å². The maximum absolute atomic E-state index is 14.0. The van der Waals surface area contributed by atoms with Crippen LogP contribution in [0.15, 0.2) is 83.8 Å². The maximum Gasteiger partial charge on any atom is 0.264 e. The predicted octanol–water partition coefficient (Wildman–Crippen LogP) is 5.27. The van der Waals surface area contributed by atoms with E-state index in [4.69, 9.17) is 16.3 Å². The molecule has 0 unspecified atom stereocenters. The third kappa shape index (κ3) is 7.99. The van der Waals surface area contributed by atoms with E-state index in [1.807, 2.05) is 26.0 Å². The summed E-state index contributed by atoms with van der Waals surface area (Å²) < 4.78 is 33.9. The predicted molar refractivity (Wildman–Crippen MR) is 158 cm³/mol. The fourth-order valence-electron chi connectivity index (χ4n) is 4.21. The van der Waals surface area contributed by atoms with E-state index in [0.717, 1.165) is 22.7 Å². The van der Waals surface area contributed by atoms with Gasteiger partial charge >= 0.3 is 0 Å². The average Bonchev–Trinajstić information content (AvgIpc) is 2.96. The number of hydrogen-bond acceptors (Lipinski definition) is 5. The molecular formula is C30H36ClN3O5S. The number of nitrogens with one attached hydrogen (secondary N) is 1. The van der Waals surface area contributed by atoms with Crippen LogP contribution in [-0.4, -0.2) is 51.4 Å². The van der Waals surface area contributed by atoms with Gasteiger partial charge in [0.25, 0.3) is 10.0 Å². The van der Waals surface area contributed by atoms with Gasteiger partial charge in [0, 0.05) is 18.1 Å². The number of sulfonamides is 1. The molecule has 10 heteroatoms. The van der Waals surface area contributed by atoms with Gasteiger partial charge in [0.1, 0.15) is 18.3 Å². The van der Waals surface area contributed by atoms with E-state index in [0.29, 0.717) is 29.4 Å². The third-order valence-electron chi connectivity index (χ3n) is 6.45. The number of para-hydroxylation sites is 1. The molecule has 0 saturated carbocycles. The van der Waals surface area contributed by atoms with Crippen LogP contribution in [0.2, 0.25) is 5.02 Å². The minimum absolute atomic E-state index is 0.000363. The average molecular weight is 586 g/mol. The zero-order valence-corrected chi connectivity index (χ0v) is 24.6. The van der Waals surface area contributed by atoms with E-state index in [1.165, 1.54) is 29.2 Å². The molecule has 1 atom stereocenters. The molecule has 0 aliphatic rings. The number of carbonyl (C=O) groups is 2. The maximum atomic E-state index is 14.0. The van der Waals surface area contributed by atoms with Gasteiger partial charge in [-0.25, -0.2) is 8.42 Å². The number of carbonyl (C=O) groups excluding carboxylic acids is 2. The molecule has 0 heterocycles. The first-order chi connectivity index (χ1) is 19.2. The van der Waals surface area contributed by atoms with E-state index >= 15 is 0 Å². The molecular weight excluding hydrogens is 550 g/mol. The summed E-state index contributed by atoms with van der Waals surface area (Å²) in [6.07, 6.45) is 2.09. The van der Waals surface area contributed by atoms with Crippen LogP contribution in [0.3, 0.4) is 0 Å². The number of unbranched alkanes of at least 4 members (excludes halogenated alkanes) is 1. The first kappa shape index (κ1) is 31.0. The molecule has 0 aliphatic carbocycles. The van der Waals surface area contributed by atoms with Gasteiger partial charge in [-0.15, -0.1) is 0 Å². The van der Waals surface area contributed by atoms with Crippen LogP contribution in [-0.2, 0) is 26.2 Å². The summed E-state index contributed by atoms with van der Waals surface area (Å²) in [7, 11) is -2.57. The van der Waals surface area contributed by atoms with E-state index in [-0.39, 0.29) is 17.3 Å². The van der Waals surface area contributed by atoms with Gasteiger partial charge in [0.2, 0.25) is 11.8 Å². The van der Waals surface area contributed by atoms with Gasteiger partial charge in [-0.05, 0) is 66.9 Å². The lowest BCUT2D eigenvalue weighted by Gasteiger charge is -2.33. The summed E-state index contributed by atoms with van der Waals surface area (Å²) in [5.74, 6) is -0.116. The normalized spacial score (nSPS) is 11.9. The Labute approximate surface area is 241 Å². The van der Waals surface area contributed by atoms with E-state index in [9.17, 15) is 18.0 Å². The van der Waals surface area contributed by atoms with Crippen molar-refractivity contribution in [2.24, 2.45) is 0 Å². The number of rotatable bonds is 14. The third-order valence-corrected chi connectivity index (χ3v) is 8.49. The molecule has 40 heavy (non-hydrogen) atoms. The zero-order valence-electron chi connectivity index (χ0n) is 23.0. The second-order valence-corrected chi connectivity index (χ2v) is 11.5. The summed E-state index contributed by atoms with van der Waals surface area (Å²) >= 11 is 5.99. The molecule has 2 amide bonds. The van der Waals surface area contributed by atoms with Crippen molar-refractivity contribution in [3.8, 4) is 5.75 Å². The largest absolute Gasteiger partial charge is 0.497 e. The van der Waals surface area contributed by atoms with Crippen LogP contribution in [0, 0.1) is 0 Å². The molecule has 0 spiro atoms. The highest BCUT2D eigenvalue weighted by Crippen LogP contribution is 2.26. The highest BCUT2D eigenvalue weighted by molar-refractivity contribution is 7.92. The minimum atomic E-state index is -4.14. The Bertz CT molecular complexity index is 1350. The molecule has 0 fully saturated rings. The molecule has 0 aliphatic heterocycles. The first-order valence-electron chi connectivity index (χ1n) is 13.2. The number of amides is 2. The summed E-state index contributed by atoms with van der Waals surface area (Å²) in [6.45, 7) is 3.98. The van der Waals surface area contributed by atoms with Crippen molar-refractivity contribution in [1.82, 2.24) is 10.2 Å². The fraction of sp³-hybridized carbons (Fsp3) is 0.333. The second kappa shape index (κ2) is 14.7. The Morgan fingerprint density at radius 2 is 1.60 bits per heavy atom.